The molecule has 0 amide bonds. The standard InChI is InChI=1S/C13H16N2/c1-8-4-5-11(7-13(8)14)12-6-9(2)15-10(12)3/h4-7,15H,14H2,1-3H3. The van der Waals surface area contributed by atoms with Crippen molar-refractivity contribution in [3.05, 3.63) is 41.2 Å². The highest BCUT2D eigenvalue weighted by atomic mass is 14.7. The zero-order chi connectivity index (χ0) is 11.0. The van der Waals surface area contributed by atoms with Gasteiger partial charge < -0.3 is 10.7 Å². The number of anilines is 1. The fraction of sp³-hybridized carbons (Fsp3) is 0.231. The summed E-state index contributed by atoms with van der Waals surface area (Å²) in [6.07, 6.45) is 0. The van der Waals surface area contributed by atoms with E-state index in [1.165, 1.54) is 22.5 Å². The third-order valence-electron chi connectivity index (χ3n) is 2.74. The van der Waals surface area contributed by atoms with Crippen LogP contribution in [0.3, 0.4) is 0 Å². The van der Waals surface area contributed by atoms with Gasteiger partial charge in [-0.3, -0.25) is 0 Å². The van der Waals surface area contributed by atoms with Gasteiger partial charge in [-0.2, -0.15) is 0 Å². The van der Waals surface area contributed by atoms with Gasteiger partial charge in [-0.05, 0) is 44.0 Å². The maximum atomic E-state index is 5.90. The summed E-state index contributed by atoms with van der Waals surface area (Å²) < 4.78 is 0. The van der Waals surface area contributed by atoms with Crippen LogP contribution >= 0.6 is 0 Å². The number of rotatable bonds is 1. The van der Waals surface area contributed by atoms with E-state index in [1.807, 2.05) is 13.0 Å². The van der Waals surface area contributed by atoms with Crippen molar-refractivity contribution in [2.75, 3.05) is 5.73 Å². The molecule has 2 nitrogen and oxygen atoms in total. The molecule has 2 rings (SSSR count). The summed E-state index contributed by atoms with van der Waals surface area (Å²) in [4.78, 5) is 3.30. The van der Waals surface area contributed by atoms with Crippen LogP contribution in [0.15, 0.2) is 24.3 Å². The number of hydrogen-bond acceptors (Lipinski definition) is 1. The summed E-state index contributed by atoms with van der Waals surface area (Å²) in [5.74, 6) is 0. The van der Waals surface area contributed by atoms with Crippen molar-refractivity contribution in [2.45, 2.75) is 20.8 Å². The highest BCUT2D eigenvalue weighted by Crippen LogP contribution is 2.27. The summed E-state index contributed by atoms with van der Waals surface area (Å²) in [5, 5.41) is 0. The molecule has 1 aromatic heterocycles. The fourth-order valence-electron chi connectivity index (χ4n) is 1.83. The first-order valence-electron chi connectivity index (χ1n) is 5.10. The molecule has 1 heterocycles. The molecule has 0 aliphatic heterocycles. The molecular weight excluding hydrogens is 184 g/mol. The molecule has 1 aromatic carbocycles. The Hall–Kier alpha value is -1.70. The predicted octanol–water partition coefficient (Wildman–Crippen LogP) is 3.19. The lowest BCUT2D eigenvalue weighted by atomic mass is 10.0. The smallest absolute Gasteiger partial charge is 0.0349 e. The molecule has 78 valence electrons. The van der Waals surface area contributed by atoms with Gasteiger partial charge in [0, 0.05) is 22.6 Å². The Morgan fingerprint density at radius 2 is 1.80 bits per heavy atom. The predicted molar refractivity (Wildman–Crippen MR) is 64.9 cm³/mol. The van der Waals surface area contributed by atoms with E-state index in [-0.39, 0.29) is 0 Å². The van der Waals surface area contributed by atoms with Gasteiger partial charge in [0.1, 0.15) is 0 Å². The number of aromatic nitrogens is 1. The van der Waals surface area contributed by atoms with Crippen LogP contribution in [-0.4, -0.2) is 4.98 Å². The number of nitrogen functional groups attached to an aromatic ring is 1. The second kappa shape index (κ2) is 3.46. The first-order chi connectivity index (χ1) is 7.08. The summed E-state index contributed by atoms with van der Waals surface area (Å²) >= 11 is 0. The molecule has 0 aliphatic carbocycles. The van der Waals surface area contributed by atoms with Crippen LogP contribution in [0.25, 0.3) is 11.1 Å². The Labute approximate surface area is 90.1 Å². The zero-order valence-corrected chi connectivity index (χ0v) is 9.39. The van der Waals surface area contributed by atoms with Crippen LogP contribution in [0.1, 0.15) is 17.0 Å². The van der Waals surface area contributed by atoms with Gasteiger partial charge in [0.05, 0.1) is 0 Å². The lowest BCUT2D eigenvalue weighted by molar-refractivity contribution is 1.19. The minimum atomic E-state index is 0.853. The molecule has 2 heteroatoms. The number of benzene rings is 1. The van der Waals surface area contributed by atoms with Crippen LogP contribution in [-0.2, 0) is 0 Å². The van der Waals surface area contributed by atoms with Crippen molar-refractivity contribution < 1.29 is 0 Å². The van der Waals surface area contributed by atoms with Crippen molar-refractivity contribution in [1.29, 1.82) is 0 Å². The highest BCUT2D eigenvalue weighted by Gasteiger charge is 2.05. The molecule has 15 heavy (non-hydrogen) atoms. The average Bonchev–Trinajstić information content (AvgIpc) is 2.50. The number of aryl methyl sites for hydroxylation is 3. The number of hydrogen-bond donors (Lipinski definition) is 2. The van der Waals surface area contributed by atoms with Crippen LogP contribution < -0.4 is 5.73 Å². The molecule has 0 radical (unpaired) electrons. The maximum Gasteiger partial charge on any atom is 0.0349 e. The van der Waals surface area contributed by atoms with E-state index in [0.29, 0.717) is 0 Å². The Morgan fingerprint density at radius 1 is 1.07 bits per heavy atom. The second-order valence-corrected chi connectivity index (χ2v) is 4.06. The van der Waals surface area contributed by atoms with Gasteiger partial charge in [0.2, 0.25) is 0 Å². The van der Waals surface area contributed by atoms with Crippen LogP contribution in [0, 0.1) is 20.8 Å². The molecular formula is C13H16N2. The van der Waals surface area contributed by atoms with Crippen molar-refractivity contribution >= 4 is 5.69 Å². The number of nitrogens with one attached hydrogen (secondary N) is 1. The van der Waals surface area contributed by atoms with Gasteiger partial charge in [-0.1, -0.05) is 12.1 Å². The second-order valence-electron chi connectivity index (χ2n) is 4.06. The topological polar surface area (TPSA) is 41.8 Å². The highest BCUT2D eigenvalue weighted by molar-refractivity contribution is 5.71. The molecule has 0 atom stereocenters. The number of aromatic amines is 1. The molecule has 0 spiro atoms. The van der Waals surface area contributed by atoms with E-state index in [4.69, 9.17) is 5.73 Å². The zero-order valence-electron chi connectivity index (χ0n) is 9.39. The van der Waals surface area contributed by atoms with E-state index >= 15 is 0 Å². The van der Waals surface area contributed by atoms with Crippen LogP contribution in [0.4, 0.5) is 5.69 Å². The van der Waals surface area contributed by atoms with Gasteiger partial charge in [0.15, 0.2) is 0 Å². The molecule has 0 aliphatic rings. The lowest BCUT2D eigenvalue weighted by Gasteiger charge is -2.04. The summed E-state index contributed by atoms with van der Waals surface area (Å²) in [7, 11) is 0. The summed E-state index contributed by atoms with van der Waals surface area (Å²) in [6, 6.07) is 8.36. The molecule has 0 bridgehead atoms. The molecule has 0 saturated heterocycles. The Morgan fingerprint density at radius 3 is 2.33 bits per heavy atom. The SMILES string of the molecule is Cc1cc(-c2ccc(C)c(N)c2)c(C)[nH]1. The Kier molecular flexibility index (Phi) is 2.27. The van der Waals surface area contributed by atoms with Crippen LogP contribution in [0.2, 0.25) is 0 Å². The van der Waals surface area contributed by atoms with E-state index in [1.54, 1.807) is 0 Å². The monoisotopic (exact) mass is 200 g/mol. The third kappa shape index (κ3) is 1.75. The summed E-state index contributed by atoms with van der Waals surface area (Å²) in [5.41, 5.74) is 12.7. The summed E-state index contributed by atoms with van der Waals surface area (Å²) in [6.45, 7) is 6.17. The number of H-pyrrole nitrogens is 1. The van der Waals surface area contributed by atoms with E-state index in [0.717, 1.165) is 11.3 Å². The molecule has 2 aromatic rings. The quantitative estimate of drug-likeness (QED) is 0.682. The molecule has 0 fully saturated rings. The molecule has 3 N–H and O–H groups in total. The van der Waals surface area contributed by atoms with Gasteiger partial charge in [0.25, 0.3) is 0 Å². The van der Waals surface area contributed by atoms with E-state index < -0.39 is 0 Å². The van der Waals surface area contributed by atoms with Crippen molar-refractivity contribution in [3.63, 3.8) is 0 Å². The Balaban J connectivity index is 2.54. The van der Waals surface area contributed by atoms with Crippen molar-refractivity contribution in [1.82, 2.24) is 4.98 Å². The van der Waals surface area contributed by atoms with Crippen molar-refractivity contribution in [3.8, 4) is 11.1 Å². The fourth-order valence-corrected chi connectivity index (χ4v) is 1.83. The van der Waals surface area contributed by atoms with Crippen molar-refractivity contribution in [2.24, 2.45) is 0 Å². The molecule has 0 saturated carbocycles. The van der Waals surface area contributed by atoms with Gasteiger partial charge >= 0.3 is 0 Å². The largest absolute Gasteiger partial charge is 0.398 e. The first-order valence-corrected chi connectivity index (χ1v) is 5.10. The minimum absolute atomic E-state index is 0.853. The molecule has 0 unspecified atom stereocenters. The van der Waals surface area contributed by atoms with E-state index in [2.05, 4.69) is 37.0 Å². The van der Waals surface area contributed by atoms with Gasteiger partial charge in [-0.15, -0.1) is 0 Å². The van der Waals surface area contributed by atoms with Gasteiger partial charge in [-0.25, -0.2) is 0 Å². The lowest BCUT2D eigenvalue weighted by Crippen LogP contribution is -1.89. The third-order valence-corrected chi connectivity index (χ3v) is 2.74. The first kappa shape index (κ1) is 9.84. The van der Waals surface area contributed by atoms with E-state index in [9.17, 15) is 0 Å². The Bertz CT molecular complexity index is 495. The average molecular weight is 200 g/mol. The number of nitrogens with two attached hydrogens (primary N) is 1. The normalized spacial score (nSPS) is 10.6. The minimum Gasteiger partial charge on any atom is -0.398 e. The van der Waals surface area contributed by atoms with Crippen LogP contribution in [0.5, 0.6) is 0 Å². The maximum absolute atomic E-state index is 5.90.